The van der Waals surface area contributed by atoms with E-state index in [1.165, 1.54) is 6.07 Å². The first-order chi connectivity index (χ1) is 15.1. The normalized spacial score (nSPS) is 24.9. The van der Waals surface area contributed by atoms with Crippen LogP contribution >= 0.6 is 0 Å². The monoisotopic (exact) mass is 434 g/mol. The number of carbonyl (C=O) groups excluding carboxylic acids is 1. The number of carbonyl (C=O) groups is 1. The van der Waals surface area contributed by atoms with Gasteiger partial charge < -0.3 is 29.5 Å². The Bertz CT molecular complexity index is 720. The highest BCUT2D eigenvalue weighted by atomic mass is 19.1. The van der Waals surface area contributed by atoms with Gasteiger partial charge >= 0.3 is 6.03 Å². The van der Waals surface area contributed by atoms with Crippen LogP contribution in [0.1, 0.15) is 32.1 Å². The quantitative estimate of drug-likeness (QED) is 0.745. The fourth-order valence-electron chi connectivity index (χ4n) is 4.64. The summed E-state index contributed by atoms with van der Waals surface area (Å²) in [7, 11) is 2.09. The number of amides is 2. The molecule has 3 aliphatic heterocycles. The minimum absolute atomic E-state index is 0.0624. The van der Waals surface area contributed by atoms with Gasteiger partial charge in [0.05, 0.1) is 17.9 Å². The number of rotatable bonds is 6. The van der Waals surface area contributed by atoms with Crippen molar-refractivity contribution in [1.82, 2.24) is 9.80 Å². The lowest BCUT2D eigenvalue weighted by Gasteiger charge is -2.28. The van der Waals surface area contributed by atoms with Gasteiger partial charge in [-0.2, -0.15) is 0 Å². The number of urea groups is 1. The summed E-state index contributed by atoms with van der Waals surface area (Å²) >= 11 is 0. The van der Waals surface area contributed by atoms with Crippen LogP contribution in [0.3, 0.4) is 0 Å². The highest BCUT2D eigenvalue weighted by Gasteiger charge is 2.27. The molecule has 1 aromatic carbocycles. The van der Waals surface area contributed by atoms with E-state index in [-0.39, 0.29) is 24.1 Å². The summed E-state index contributed by atoms with van der Waals surface area (Å²) in [6.07, 6.45) is 5.11. The van der Waals surface area contributed by atoms with Gasteiger partial charge in [-0.3, -0.25) is 0 Å². The van der Waals surface area contributed by atoms with E-state index < -0.39 is 0 Å². The predicted molar refractivity (Wildman–Crippen MR) is 119 cm³/mol. The zero-order valence-electron chi connectivity index (χ0n) is 18.5. The van der Waals surface area contributed by atoms with Crippen LogP contribution in [0.5, 0.6) is 0 Å². The Morgan fingerprint density at radius 3 is 2.39 bits per heavy atom. The van der Waals surface area contributed by atoms with Gasteiger partial charge in [-0.1, -0.05) is 0 Å². The SMILES string of the molecule is CN1CCCN(c2ccc(NC(=O)N(C[C@H]3CCCO3)C[C@@H]3CCCO3)cc2F)CC1. The van der Waals surface area contributed by atoms with Crippen LogP contribution in [0, 0.1) is 5.82 Å². The summed E-state index contributed by atoms with van der Waals surface area (Å²) in [6.45, 7) is 6.15. The van der Waals surface area contributed by atoms with Gasteiger partial charge in [0.15, 0.2) is 0 Å². The maximum Gasteiger partial charge on any atom is 0.322 e. The minimum Gasteiger partial charge on any atom is -0.376 e. The van der Waals surface area contributed by atoms with Crippen LogP contribution in [0.15, 0.2) is 18.2 Å². The average Bonchev–Trinajstić information content (AvgIpc) is 3.41. The second-order valence-electron chi connectivity index (χ2n) is 8.92. The highest BCUT2D eigenvalue weighted by molar-refractivity contribution is 5.89. The van der Waals surface area contributed by atoms with Crippen LogP contribution < -0.4 is 10.2 Å². The molecule has 2 amide bonds. The molecular weight excluding hydrogens is 399 g/mol. The number of hydrogen-bond acceptors (Lipinski definition) is 5. The van der Waals surface area contributed by atoms with Gasteiger partial charge in [-0.15, -0.1) is 0 Å². The number of hydrogen-bond donors (Lipinski definition) is 1. The average molecular weight is 435 g/mol. The van der Waals surface area contributed by atoms with Crippen LogP contribution in [0.2, 0.25) is 0 Å². The molecule has 31 heavy (non-hydrogen) atoms. The summed E-state index contributed by atoms with van der Waals surface area (Å²) in [5, 5.41) is 2.89. The fraction of sp³-hybridized carbons (Fsp3) is 0.696. The number of likely N-dealkylation sites (N-methyl/N-ethyl adjacent to an activating group) is 1. The van der Waals surface area contributed by atoms with E-state index in [2.05, 4.69) is 22.2 Å². The number of benzene rings is 1. The number of nitrogens with zero attached hydrogens (tertiary/aromatic N) is 3. The van der Waals surface area contributed by atoms with E-state index in [0.29, 0.717) is 24.5 Å². The van der Waals surface area contributed by atoms with Gasteiger partial charge in [0.1, 0.15) is 5.82 Å². The Kier molecular flexibility index (Phi) is 7.63. The predicted octanol–water partition coefficient (Wildman–Crippen LogP) is 3.16. The lowest BCUT2D eigenvalue weighted by molar-refractivity contribution is 0.0524. The molecule has 1 N–H and O–H groups in total. The van der Waals surface area contributed by atoms with Crippen molar-refractivity contribution in [3.8, 4) is 0 Å². The minimum atomic E-state index is -0.299. The molecule has 0 bridgehead atoms. The van der Waals surface area contributed by atoms with E-state index in [9.17, 15) is 9.18 Å². The zero-order valence-corrected chi connectivity index (χ0v) is 18.5. The number of nitrogens with one attached hydrogen (secondary N) is 1. The van der Waals surface area contributed by atoms with E-state index in [1.54, 1.807) is 17.0 Å². The van der Waals surface area contributed by atoms with Crippen molar-refractivity contribution in [1.29, 1.82) is 0 Å². The Labute approximate surface area is 184 Å². The molecule has 3 fully saturated rings. The third kappa shape index (κ3) is 6.08. The standard InChI is InChI=1S/C23H35FN4O3/c1-26-9-4-10-27(12-11-26)22-8-7-18(15-21(22)24)25-23(29)28(16-19-5-2-13-30-19)17-20-6-3-14-31-20/h7-8,15,19-20H,2-6,9-14,16-17H2,1H3,(H,25,29)/t19-,20+. The Morgan fingerprint density at radius 2 is 1.77 bits per heavy atom. The molecule has 7 nitrogen and oxygen atoms in total. The van der Waals surface area contributed by atoms with Gasteiger partial charge in [0.25, 0.3) is 0 Å². The molecule has 3 heterocycles. The summed E-state index contributed by atoms with van der Waals surface area (Å²) in [6, 6.07) is 4.77. The summed E-state index contributed by atoms with van der Waals surface area (Å²) in [5.41, 5.74) is 1.08. The van der Waals surface area contributed by atoms with Crippen molar-refractivity contribution >= 4 is 17.4 Å². The number of ether oxygens (including phenoxy) is 2. The molecule has 4 rings (SSSR count). The lowest BCUT2D eigenvalue weighted by atomic mass is 10.2. The highest BCUT2D eigenvalue weighted by Crippen LogP contribution is 2.25. The molecular formula is C23H35FN4O3. The molecule has 8 heteroatoms. The summed E-state index contributed by atoms with van der Waals surface area (Å²) in [4.78, 5) is 19.2. The molecule has 1 aromatic rings. The van der Waals surface area contributed by atoms with Gasteiger partial charge in [-0.25, -0.2) is 9.18 Å². The van der Waals surface area contributed by atoms with E-state index >= 15 is 0 Å². The van der Waals surface area contributed by atoms with E-state index in [1.807, 2.05) is 0 Å². The molecule has 172 valence electrons. The summed E-state index contributed by atoms with van der Waals surface area (Å²) < 4.78 is 26.4. The van der Waals surface area contributed by atoms with Crippen molar-refractivity contribution in [2.75, 3.05) is 69.7 Å². The maximum absolute atomic E-state index is 14.9. The van der Waals surface area contributed by atoms with Crippen LogP contribution in [-0.4, -0.2) is 87.6 Å². The van der Waals surface area contributed by atoms with Crippen molar-refractivity contribution in [2.45, 2.75) is 44.3 Å². The molecule has 0 unspecified atom stereocenters. The van der Waals surface area contributed by atoms with Gasteiger partial charge in [-0.05, 0) is 63.9 Å². The smallest absolute Gasteiger partial charge is 0.322 e. The molecule has 0 spiro atoms. The number of anilines is 2. The van der Waals surface area contributed by atoms with Crippen molar-refractivity contribution in [3.05, 3.63) is 24.0 Å². The molecule has 0 saturated carbocycles. The van der Waals surface area contributed by atoms with Crippen molar-refractivity contribution < 1.29 is 18.7 Å². The molecule has 0 radical (unpaired) electrons. The van der Waals surface area contributed by atoms with Gasteiger partial charge in [0, 0.05) is 51.6 Å². The van der Waals surface area contributed by atoms with Crippen LogP contribution in [-0.2, 0) is 9.47 Å². The Morgan fingerprint density at radius 1 is 1.06 bits per heavy atom. The zero-order chi connectivity index (χ0) is 21.6. The first kappa shape index (κ1) is 22.3. The van der Waals surface area contributed by atoms with Crippen molar-refractivity contribution in [3.63, 3.8) is 0 Å². The van der Waals surface area contributed by atoms with Gasteiger partial charge in [0.2, 0.25) is 0 Å². The van der Waals surface area contributed by atoms with Crippen molar-refractivity contribution in [2.24, 2.45) is 0 Å². The molecule has 0 aromatic heterocycles. The molecule has 3 aliphatic rings. The Hall–Kier alpha value is -1.90. The Balaban J connectivity index is 1.40. The fourth-order valence-corrected chi connectivity index (χ4v) is 4.64. The maximum atomic E-state index is 14.9. The topological polar surface area (TPSA) is 57.3 Å². The molecule has 2 atom stereocenters. The van der Waals surface area contributed by atoms with Crippen LogP contribution in [0.25, 0.3) is 0 Å². The largest absolute Gasteiger partial charge is 0.376 e. The van der Waals surface area contributed by atoms with E-state index in [4.69, 9.17) is 9.47 Å². The second-order valence-corrected chi connectivity index (χ2v) is 8.92. The second kappa shape index (κ2) is 10.6. The number of halogens is 1. The molecule has 3 saturated heterocycles. The third-order valence-electron chi connectivity index (χ3n) is 6.44. The molecule has 0 aliphatic carbocycles. The van der Waals surface area contributed by atoms with E-state index in [0.717, 1.165) is 71.5 Å². The lowest BCUT2D eigenvalue weighted by Crippen LogP contribution is -2.44. The first-order valence-electron chi connectivity index (χ1n) is 11.6. The summed E-state index contributed by atoms with van der Waals surface area (Å²) in [5.74, 6) is -0.299. The van der Waals surface area contributed by atoms with Crippen LogP contribution in [0.4, 0.5) is 20.6 Å². The first-order valence-corrected chi connectivity index (χ1v) is 11.6. The third-order valence-corrected chi connectivity index (χ3v) is 6.44.